The summed E-state index contributed by atoms with van der Waals surface area (Å²) in [5.74, 6) is 0.364. The summed E-state index contributed by atoms with van der Waals surface area (Å²) in [6, 6.07) is 9.74. The Balaban J connectivity index is 0.000000924. The average molecular weight is 317 g/mol. The lowest BCUT2D eigenvalue weighted by Gasteiger charge is -2.42. The van der Waals surface area contributed by atoms with Gasteiger partial charge in [0.2, 0.25) is 0 Å². The van der Waals surface area contributed by atoms with Gasteiger partial charge in [-0.1, -0.05) is 57.0 Å². The Morgan fingerprint density at radius 3 is 2.61 bits per heavy atom. The van der Waals surface area contributed by atoms with Gasteiger partial charge in [0.25, 0.3) is 0 Å². The monoisotopic (exact) mass is 317 g/mol. The zero-order valence-electron chi connectivity index (χ0n) is 14.2. The number of carbonyl (C=O) groups is 2. The molecule has 126 valence electrons. The van der Waals surface area contributed by atoms with Gasteiger partial charge in [-0.25, -0.2) is 4.79 Å². The molecule has 2 unspecified atom stereocenters. The summed E-state index contributed by atoms with van der Waals surface area (Å²) in [6.45, 7) is 4.80. The molecule has 2 fully saturated rings. The molecule has 1 aromatic carbocycles. The Bertz CT molecular complexity index is 515. The van der Waals surface area contributed by atoms with Gasteiger partial charge in [0.05, 0.1) is 0 Å². The fraction of sp³-hybridized carbons (Fsp3) is 0.579. The largest absolute Gasteiger partial charge is 0.445 e. The van der Waals surface area contributed by atoms with Crippen LogP contribution in [0.25, 0.3) is 0 Å². The molecule has 23 heavy (non-hydrogen) atoms. The van der Waals surface area contributed by atoms with E-state index in [9.17, 15) is 9.59 Å². The van der Waals surface area contributed by atoms with E-state index in [1.165, 1.54) is 0 Å². The maximum Gasteiger partial charge on any atom is 0.410 e. The van der Waals surface area contributed by atoms with E-state index in [-0.39, 0.29) is 18.1 Å². The van der Waals surface area contributed by atoms with E-state index in [0.29, 0.717) is 25.4 Å². The summed E-state index contributed by atoms with van der Waals surface area (Å²) in [5.41, 5.74) is 0.985. The number of piperidine rings is 1. The number of rotatable bonds is 2. The standard InChI is InChI=1S/C17H21NO3.C2H6/c19-16-10-11-18(15-9-5-4-8-14(15)16)17(20)21-12-13-6-2-1-3-7-13;1-2/h1-3,6-7,14-15H,4-5,8-12H2;1-2H3. The molecule has 3 rings (SSSR count). The minimum Gasteiger partial charge on any atom is -0.445 e. The predicted molar refractivity (Wildman–Crippen MR) is 90.1 cm³/mol. The molecule has 0 aromatic heterocycles. The van der Waals surface area contributed by atoms with Gasteiger partial charge in [-0.15, -0.1) is 0 Å². The van der Waals surface area contributed by atoms with Crippen molar-refractivity contribution in [2.24, 2.45) is 5.92 Å². The summed E-state index contributed by atoms with van der Waals surface area (Å²) < 4.78 is 5.43. The van der Waals surface area contributed by atoms with E-state index in [1.54, 1.807) is 4.90 Å². The van der Waals surface area contributed by atoms with E-state index in [1.807, 2.05) is 44.2 Å². The van der Waals surface area contributed by atoms with Gasteiger partial charge < -0.3 is 9.64 Å². The number of ether oxygens (including phenoxy) is 1. The summed E-state index contributed by atoms with van der Waals surface area (Å²) in [7, 11) is 0. The Labute approximate surface area is 138 Å². The minimum absolute atomic E-state index is 0.0387. The van der Waals surface area contributed by atoms with Crippen molar-refractivity contribution >= 4 is 11.9 Å². The molecule has 0 spiro atoms. The Kier molecular flexibility index (Phi) is 6.63. The number of fused-ring (bicyclic) bond motifs is 1. The second-order valence-corrected chi connectivity index (χ2v) is 5.91. The third kappa shape index (κ3) is 4.34. The van der Waals surface area contributed by atoms with Crippen molar-refractivity contribution in [2.45, 2.75) is 58.6 Å². The second kappa shape index (κ2) is 8.70. The number of Topliss-reactive ketones (excluding diaryl/α,β-unsaturated/α-hetero) is 1. The van der Waals surface area contributed by atoms with Gasteiger partial charge in [-0.2, -0.15) is 0 Å². The van der Waals surface area contributed by atoms with Crippen molar-refractivity contribution in [3.8, 4) is 0 Å². The van der Waals surface area contributed by atoms with Gasteiger partial charge in [0, 0.05) is 24.9 Å². The van der Waals surface area contributed by atoms with Gasteiger partial charge in [0.1, 0.15) is 12.4 Å². The fourth-order valence-electron chi connectivity index (χ4n) is 3.47. The van der Waals surface area contributed by atoms with Gasteiger partial charge in [-0.3, -0.25) is 4.79 Å². The lowest BCUT2D eigenvalue weighted by Crippen LogP contribution is -2.53. The highest BCUT2D eigenvalue weighted by atomic mass is 16.6. The SMILES string of the molecule is CC.O=C1CCN(C(=O)OCc2ccccc2)C2CCCCC12. The van der Waals surface area contributed by atoms with Crippen molar-refractivity contribution in [3.05, 3.63) is 35.9 Å². The molecule has 1 aliphatic carbocycles. The maximum absolute atomic E-state index is 12.3. The predicted octanol–water partition coefficient (Wildman–Crippen LogP) is 4.18. The van der Waals surface area contributed by atoms with Crippen LogP contribution in [0.2, 0.25) is 0 Å². The van der Waals surface area contributed by atoms with E-state index in [4.69, 9.17) is 4.74 Å². The lowest BCUT2D eigenvalue weighted by atomic mass is 9.78. The average Bonchev–Trinajstić information content (AvgIpc) is 2.63. The van der Waals surface area contributed by atoms with Crippen LogP contribution in [0.5, 0.6) is 0 Å². The molecule has 1 amide bonds. The van der Waals surface area contributed by atoms with Crippen molar-refractivity contribution in [1.82, 2.24) is 4.90 Å². The van der Waals surface area contributed by atoms with Crippen LogP contribution in [0.3, 0.4) is 0 Å². The highest BCUT2D eigenvalue weighted by molar-refractivity contribution is 5.84. The molecule has 1 heterocycles. The fourth-order valence-corrected chi connectivity index (χ4v) is 3.47. The molecule has 1 saturated heterocycles. The molecule has 2 aliphatic rings. The zero-order chi connectivity index (χ0) is 16.7. The third-order valence-electron chi connectivity index (χ3n) is 4.58. The second-order valence-electron chi connectivity index (χ2n) is 5.91. The summed E-state index contributed by atoms with van der Waals surface area (Å²) in [5, 5.41) is 0. The number of nitrogens with zero attached hydrogens (tertiary/aromatic N) is 1. The van der Waals surface area contributed by atoms with Crippen LogP contribution in [-0.4, -0.2) is 29.4 Å². The molecule has 4 heteroatoms. The van der Waals surface area contributed by atoms with Gasteiger partial charge in [0.15, 0.2) is 0 Å². The van der Waals surface area contributed by atoms with Crippen molar-refractivity contribution < 1.29 is 14.3 Å². The molecular formula is C19H27NO3. The first-order valence-electron chi connectivity index (χ1n) is 8.76. The molecule has 0 N–H and O–H groups in total. The van der Waals surface area contributed by atoms with Crippen LogP contribution in [0.15, 0.2) is 30.3 Å². The normalized spacial score (nSPS) is 23.4. The number of benzene rings is 1. The number of carbonyl (C=O) groups excluding carboxylic acids is 2. The summed E-state index contributed by atoms with van der Waals surface area (Å²) in [6.07, 6.45) is 4.24. The van der Waals surface area contributed by atoms with Crippen LogP contribution >= 0.6 is 0 Å². The van der Waals surface area contributed by atoms with Crippen LogP contribution in [-0.2, 0) is 16.1 Å². The summed E-state index contributed by atoms with van der Waals surface area (Å²) >= 11 is 0. The molecule has 0 radical (unpaired) electrons. The first-order valence-corrected chi connectivity index (χ1v) is 8.76. The molecule has 1 saturated carbocycles. The molecular weight excluding hydrogens is 290 g/mol. The van der Waals surface area contributed by atoms with Crippen molar-refractivity contribution in [2.75, 3.05) is 6.54 Å². The molecule has 1 aromatic rings. The number of ketones is 1. The first-order chi connectivity index (χ1) is 11.3. The highest BCUT2D eigenvalue weighted by Crippen LogP contribution is 2.33. The minimum atomic E-state index is -0.275. The Morgan fingerprint density at radius 2 is 1.87 bits per heavy atom. The number of hydrogen-bond donors (Lipinski definition) is 0. The number of hydrogen-bond acceptors (Lipinski definition) is 3. The maximum atomic E-state index is 12.3. The van der Waals surface area contributed by atoms with Crippen molar-refractivity contribution in [1.29, 1.82) is 0 Å². The van der Waals surface area contributed by atoms with Gasteiger partial charge >= 0.3 is 6.09 Å². The van der Waals surface area contributed by atoms with E-state index >= 15 is 0 Å². The van der Waals surface area contributed by atoms with E-state index in [2.05, 4.69) is 0 Å². The summed E-state index contributed by atoms with van der Waals surface area (Å²) in [4.78, 5) is 26.1. The zero-order valence-corrected chi connectivity index (χ0v) is 14.2. The Morgan fingerprint density at radius 1 is 1.17 bits per heavy atom. The number of likely N-dealkylation sites (tertiary alicyclic amines) is 1. The third-order valence-corrected chi connectivity index (χ3v) is 4.58. The van der Waals surface area contributed by atoms with Crippen LogP contribution < -0.4 is 0 Å². The molecule has 1 aliphatic heterocycles. The molecule has 2 atom stereocenters. The quantitative estimate of drug-likeness (QED) is 0.822. The lowest BCUT2D eigenvalue weighted by molar-refractivity contribution is -0.129. The van der Waals surface area contributed by atoms with Crippen LogP contribution in [0.4, 0.5) is 4.79 Å². The number of amides is 1. The van der Waals surface area contributed by atoms with E-state index in [0.717, 1.165) is 31.2 Å². The van der Waals surface area contributed by atoms with Crippen LogP contribution in [0.1, 0.15) is 51.5 Å². The molecule has 4 nitrogen and oxygen atoms in total. The highest BCUT2D eigenvalue weighted by Gasteiger charge is 2.41. The van der Waals surface area contributed by atoms with Crippen LogP contribution in [0, 0.1) is 5.92 Å². The first kappa shape index (κ1) is 17.5. The topological polar surface area (TPSA) is 46.6 Å². The van der Waals surface area contributed by atoms with Gasteiger partial charge in [-0.05, 0) is 18.4 Å². The Hall–Kier alpha value is -1.84. The smallest absolute Gasteiger partial charge is 0.410 e. The van der Waals surface area contributed by atoms with Crippen molar-refractivity contribution in [3.63, 3.8) is 0 Å². The van der Waals surface area contributed by atoms with E-state index < -0.39 is 0 Å². The molecule has 0 bridgehead atoms.